The van der Waals surface area contributed by atoms with Gasteiger partial charge in [0.1, 0.15) is 0 Å². The second-order valence-corrected chi connectivity index (χ2v) is 8.86. The van der Waals surface area contributed by atoms with Crippen LogP contribution in [0.5, 0.6) is 0 Å². The highest BCUT2D eigenvalue weighted by Crippen LogP contribution is 2.47. The fourth-order valence-corrected chi connectivity index (χ4v) is 4.72. The second kappa shape index (κ2) is 10.2. The molecule has 0 unspecified atom stereocenters. The van der Waals surface area contributed by atoms with Gasteiger partial charge >= 0.3 is 0 Å². The minimum Gasteiger partial charge on any atom is -0.309 e. The van der Waals surface area contributed by atoms with Gasteiger partial charge < -0.3 is 9.80 Å². The van der Waals surface area contributed by atoms with E-state index >= 15 is 0 Å². The number of benzene rings is 4. The summed E-state index contributed by atoms with van der Waals surface area (Å²) in [5.41, 5.74) is 5.78. The first kappa shape index (κ1) is 22.3. The van der Waals surface area contributed by atoms with Gasteiger partial charge in [-0.25, -0.2) is 0 Å². The van der Waals surface area contributed by atoms with Gasteiger partial charge in [-0.1, -0.05) is 90.0 Å². The van der Waals surface area contributed by atoms with Crippen molar-refractivity contribution in [3.8, 4) is 0 Å². The van der Waals surface area contributed by atoms with E-state index in [0.29, 0.717) is 10.0 Å². The summed E-state index contributed by atoms with van der Waals surface area (Å²) in [6, 6.07) is 34.6. The van der Waals surface area contributed by atoms with Crippen molar-refractivity contribution in [1.29, 1.82) is 0 Å². The molecule has 4 aromatic rings. The van der Waals surface area contributed by atoms with E-state index in [1.807, 2.05) is 66.7 Å². The average molecular weight is 483 g/mol. The maximum atomic E-state index is 7.25. The van der Waals surface area contributed by atoms with Crippen LogP contribution in [-0.2, 0) is 0 Å². The van der Waals surface area contributed by atoms with Gasteiger partial charge in [0.15, 0.2) is 0 Å². The van der Waals surface area contributed by atoms with Crippen LogP contribution in [0.15, 0.2) is 127 Å². The molecular formula is C30H24Cl2N2. The molecule has 34 heavy (non-hydrogen) atoms. The molecule has 0 saturated carbocycles. The predicted molar refractivity (Wildman–Crippen MR) is 146 cm³/mol. The van der Waals surface area contributed by atoms with Gasteiger partial charge in [-0.05, 0) is 67.4 Å². The lowest BCUT2D eigenvalue weighted by molar-refractivity contribution is 0.997. The van der Waals surface area contributed by atoms with Gasteiger partial charge in [0.2, 0.25) is 0 Å². The molecule has 0 spiro atoms. The predicted octanol–water partition coefficient (Wildman–Crippen LogP) is 9.84. The summed E-state index contributed by atoms with van der Waals surface area (Å²) in [6.45, 7) is 0. The molecule has 0 aliphatic heterocycles. The molecule has 0 heterocycles. The molecule has 4 aromatic carbocycles. The molecule has 2 nitrogen and oxygen atoms in total. The SMILES string of the molecule is Clc1cc(N(C2=CCCC=C2)c2ccccc2)c(Cl)c(N(c2ccccc2)c2ccccc2)c1. The number of allylic oxidation sites excluding steroid dienone is 3. The zero-order valence-electron chi connectivity index (χ0n) is 18.6. The van der Waals surface area contributed by atoms with Crippen LogP contribution < -0.4 is 9.80 Å². The van der Waals surface area contributed by atoms with Crippen LogP contribution in [-0.4, -0.2) is 0 Å². The van der Waals surface area contributed by atoms with Crippen LogP contribution in [0, 0.1) is 0 Å². The first-order chi connectivity index (χ1) is 16.7. The molecular weight excluding hydrogens is 459 g/mol. The zero-order chi connectivity index (χ0) is 23.3. The van der Waals surface area contributed by atoms with Crippen LogP contribution in [0.3, 0.4) is 0 Å². The van der Waals surface area contributed by atoms with Gasteiger partial charge in [0, 0.05) is 27.8 Å². The molecule has 0 N–H and O–H groups in total. The highest BCUT2D eigenvalue weighted by atomic mass is 35.5. The summed E-state index contributed by atoms with van der Waals surface area (Å²) < 4.78 is 0. The van der Waals surface area contributed by atoms with Crippen LogP contribution >= 0.6 is 23.2 Å². The van der Waals surface area contributed by atoms with Crippen molar-refractivity contribution >= 4 is 51.6 Å². The van der Waals surface area contributed by atoms with Gasteiger partial charge in [0.25, 0.3) is 0 Å². The Morgan fingerprint density at radius 1 is 0.559 bits per heavy atom. The van der Waals surface area contributed by atoms with Crippen molar-refractivity contribution in [2.45, 2.75) is 12.8 Å². The number of anilines is 5. The van der Waals surface area contributed by atoms with E-state index in [4.69, 9.17) is 23.2 Å². The van der Waals surface area contributed by atoms with Gasteiger partial charge in [-0.2, -0.15) is 0 Å². The Morgan fingerprint density at radius 2 is 1.03 bits per heavy atom. The third-order valence-corrected chi connectivity index (χ3v) is 6.36. The Balaban J connectivity index is 1.73. The third kappa shape index (κ3) is 4.61. The number of hydrogen-bond acceptors (Lipinski definition) is 2. The Bertz CT molecular complexity index is 1280. The summed E-state index contributed by atoms with van der Waals surface area (Å²) in [5.74, 6) is 0. The van der Waals surface area contributed by atoms with Crippen molar-refractivity contribution in [2.75, 3.05) is 9.80 Å². The summed E-state index contributed by atoms with van der Waals surface area (Å²) in [5, 5.41) is 1.24. The van der Waals surface area contributed by atoms with Crippen molar-refractivity contribution in [3.63, 3.8) is 0 Å². The highest BCUT2D eigenvalue weighted by Gasteiger charge is 2.23. The Kier molecular flexibility index (Phi) is 6.71. The Morgan fingerprint density at radius 3 is 1.50 bits per heavy atom. The van der Waals surface area contributed by atoms with Crippen LogP contribution in [0.1, 0.15) is 12.8 Å². The minimum absolute atomic E-state index is 0.618. The van der Waals surface area contributed by atoms with E-state index in [2.05, 4.69) is 64.4 Å². The van der Waals surface area contributed by atoms with Crippen molar-refractivity contribution < 1.29 is 0 Å². The molecule has 0 saturated heterocycles. The number of nitrogens with zero attached hydrogens (tertiary/aromatic N) is 2. The van der Waals surface area contributed by atoms with Crippen LogP contribution in [0.4, 0.5) is 28.4 Å². The fraction of sp³-hybridized carbons (Fsp3) is 0.0667. The first-order valence-electron chi connectivity index (χ1n) is 11.3. The number of halogens is 2. The van der Waals surface area contributed by atoms with Crippen LogP contribution in [0.2, 0.25) is 10.0 Å². The lowest BCUT2D eigenvalue weighted by atomic mass is 10.1. The molecule has 0 radical (unpaired) electrons. The molecule has 1 aliphatic carbocycles. The highest BCUT2D eigenvalue weighted by molar-refractivity contribution is 6.38. The standard InChI is InChI=1S/C30H24Cl2N2/c31-23-21-28(33(24-13-5-1-6-14-24)25-15-7-2-8-16-25)30(32)29(22-23)34(26-17-9-3-10-18-26)27-19-11-4-12-20-27/h1-3,5-11,13-22H,4,12H2. The fourth-order valence-electron chi connectivity index (χ4n) is 4.24. The second-order valence-electron chi connectivity index (χ2n) is 8.04. The molecule has 5 rings (SSSR count). The summed E-state index contributed by atoms with van der Waals surface area (Å²) in [6.07, 6.45) is 8.62. The van der Waals surface area contributed by atoms with E-state index in [1.165, 1.54) is 0 Å². The largest absolute Gasteiger partial charge is 0.309 e. The maximum absolute atomic E-state index is 7.25. The number of para-hydroxylation sites is 3. The minimum atomic E-state index is 0.618. The maximum Gasteiger partial charge on any atom is 0.0888 e. The van der Waals surface area contributed by atoms with E-state index in [0.717, 1.165) is 47.0 Å². The molecule has 0 fully saturated rings. The lowest BCUT2D eigenvalue weighted by Crippen LogP contribution is -2.18. The Labute approximate surface area is 211 Å². The van der Waals surface area contributed by atoms with Gasteiger partial charge in [-0.15, -0.1) is 0 Å². The molecule has 0 atom stereocenters. The zero-order valence-corrected chi connectivity index (χ0v) is 20.1. The van der Waals surface area contributed by atoms with E-state index in [-0.39, 0.29) is 0 Å². The number of rotatable bonds is 6. The van der Waals surface area contributed by atoms with Crippen molar-refractivity contribution in [3.05, 3.63) is 137 Å². The number of hydrogen-bond donors (Lipinski definition) is 0. The first-order valence-corrected chi connectivity index (χ1v) is 12.1. The molecule has 0 aromatic heterocycles. The quantitative estimate of drug-likeness (QED) is 0.269. The molecule has 0 amide bonds. The monoisotopic (exact) mass is 482 g/mol. The van der Waals surface area contributed by atoms with E-state index < -0.39 is 0 Å². The van der Waals surface area contributed by atoms with Crippen LogP contribution in [0.25, 0.3) is 0 Å². The van der Waals surface area contributed by atoms with Crippen molar-refractivity contribution in [1.82, 2.24) is 0 Å². The normalized spacial score (nSPS) is 12.8. The topological polar surface area (TPSA) is 6.48 Å². The summed E-state index contributed by atoms with van der Waals surface area (Å²) in [7, 11) is 0. The van der Waals surface area contributed by atoms with Gasteiger partial charge in [-0.3, -0.25) is 0 Å². The van der Waals surface area contributed by atoms with E-state index in [9.17, 15) is 0 Å². The molecule has 168 valence electrons. The average Bonchev–Trinajstić information content (AvgIpc) is 2.89. The van der Waals surface area contributed by atoms with Gasteiger partial charge in [0.05, 0.1) is 16.4 Å². The molecule has 4 heteroatoms. The van der Waals surface area contributed by atoms with E-state index in [1.54, 1.807) is 0 Å². The lowest BCUT2D eigenvalue weighted by Gasteiger charge is -2.32. The smallest absolute Gasteiger partial charge is 0.0888 e. The third-order valence-electron chi connectivity index (χ3n) is 5.76. The molecule has 0 bridgehead atoms. The summed E-state index contributed by atoms with van der Waals surface area (Å²) >= 11 is 14.0. The van der Waals surface area contributed by atoms with Crippen molar-refractivity contribution in [2.24, 2.45) is 0 Å². The Hall–Kier alpha value is -3.46. The molecule has 1 aliphatic rings. The summed E-state index contributed by atoms with van der Waals surface area (Å²) in [4.78, 5) is 4.33.